The molecule has 0 saturated heterocycles. The topological polar surface area (TPSA) is 56.7 Å². The lowest BCUT2D eigenvalue weighted by atomic mass is 10.1. The molecule has 0 amide bonds. The number of hydrogen-bond donors (Lipinski definition) is 1. The Hall–Kier alpha value is -0.430. The first-order valence-electron chi connectivity index (χ1n) is 5.82. The van der Waals surface area contributed by atoms with Gasteiger partial charge in [0.15, 0.2) is 0 Å². The lowest BCUT2D eigenvalue weighted by Crippen LogP contribution is -2.19. The normalized spacial score (nSPS) is 12.7. The van der Waals surface area contributed by atoms with E-state index >= 15 is 0 Å². The number of halogens is 3. The zero-order valence-corrected chi connectivity index (χ0v) is 14.2. The molecule has 2 N–H and O–H groups in total. The first-order valence-corrected chi connectivity index (χ1v) is 7.78. The molecule has 2 rings (SSSR count). The van der Waals surface area contributed by atoms with E-state index in [1.165, 1.54) is 0 Å². The van der Waals surface area contributed by atoms with Crippen LogP contribution >= 0.6 is 43.5 Å². The molecule has 0 bridgehead atoms. The molecule has 0 aliphatic carbocycles. The Bertz CT molecular complexity index is 585. The molecule has 2 heterocycles. The maximum Gasteiger partial charge on any atom is 0.0923 e. The van der Waals surface area contributed by atoms with Crippen molar-refractivity contribution in [1.82, 2.24) is 14.8 Å². The molecule has 1 unspecified atom stereocenters. The minimum absolute atomic E-state index is 0.413. The lowest BCUT2D eigenvalue weighted by Gasteiger charge is -2.15. The van der Waals surface area contributed by atoms with Crippen molar-refractivity contribution in [2.75, 3.05) is 0 Å². The van der Waals surface area contributed by atoms with Crippen molar-refractivity contribution in [3.8, 4) is 0 Å². The number of aromatic nitrogens is 3. The molecular weight excluding hydrogens is 395 g/mol. The molecule has 7 heteroatoms. The minimum Gasteiger partial charge on any atom is -0.318 e. The number of nitrogens with zero attached hydrogens (tertiary/aromatic N) is 3. The van der Waals surface area contributed by atoms with Gasteiger partial charge in [-0.05, 0) is 44.3 Å². The van der Waals surface area contributed by atoms with Gasteiger partial charge in [-0.25, -0.2) is 0 Å². The monoisotopic (exact) mass is 406 g/mol. The molecule has 0 spiro atoms. The summed E-state index contributed by atoms with van der Waals surface area (Å²) in [6, 6.07) is 1.50. The van der Waals surface area contributed by atoms with Gasteiger partial charge >= 0.3 is 0 Å². The van der Waals surface area contributed by atoms with Gasteiger partial charge in [-0.2, -0.15) is 5.10 Å². The molecule has 0 fully saturated rings. The Morgan fingerprint density at radius 2 is 2.16 bits per heavy atom. The molecule has 19 heavy (non-hydrogen) atoms. The summed E-state index contributed by atoms with van der Waals surface area (Å²) in [4.78, 5) is 4.36. The van der Waals surface area contributed by atoms with E-state index in [4.69, 9.17) is 17.3 Å². The quantitative estimate of drug-likeness (QED) is 0.834. The molecule has 0 saturated carbocycles. The standard InChI is InChI=1S/C12H13Br2ClN4/c1-2-3-19-12(9(15)6-18-19)10(16)11-8(14)4-7(13)5-17-11/h4-6,10H,2-3,16H2,1H3. The third-order valence-corrected chi connectivity index (χ3v) is 4.05. The van der Waals surface area contributed by atoms with Gasteiger partial charge < -0.3 is 5.73 Å². The summed E-state index contributed by atoms with van der Waals surface area (Å²) in [6.45, 7) is 2.86. The van der Waals surface area contributed by atoms with Crippen molar-refractivity contribution >= 4 is 43.5 Å². The SMILES string of the molecule is CCCn1ncc(Cl)c1C(N)c1ncc(Br)cc1Br. The largest absolute Gasteiger partial charge is 0.318 e. The summed E-state index contributed by atoms with van der Waals surface area (Å²) < 4.78 is 3.57. The molecular formula is C12H13Br2ClN4. The molecule has 1 atom stereocenters. The highest BCUT2D eigenvalue weighted by atomic mass is 79.9. The van der Waals surface area contributed by atoms with Crippen molar-refractivity contribution in [2.24, 2.45) is 5.73 Å². The fourth-order valence-corrected chi connectivity index (χ4v) is 3.35. The van der Waals surface area contributed by atoms with Gasteiger partial charge in [-0.3, -0.25) is 9.67 Å². The van der Waals surface area contributed by atoms with Gasteiger partial charge in [-0.1, -0.05) is 18.5 Å². The van der Waals surface area contributed by atoms with E-state index in [9.17, 15) is 0 Å². The summed E-state index contributed by atoms with van der Waals surface area (Å²) >= 11 is 13.0. The fourth-order valence-electron chi connectivity index (χ4n) is 1.85. The van der Waals surface area contributed by atoms with Crippen LogP contribution in [0.15, 0.2) is 27.4 Å². The number of pyridine rings is 1. The van der Waals surface area contributed by atoms with Crippen LogP contribution in [0.1, 0.15) is 30.8 Å². The summed E-state index contributed by atoms with van der Waals surface area (Å²) in [5.41, 5.74) is 7.82. The number of aryl methyl sites for hydroxylation is 1. The van der Waals surface area contributed by atoms with E-state index in [1.807, 2.05) is 10.7 Å². The van der Waals surface area contributed by atoms with Crippen LogP contribution in [0.3, 0.4) is 0 Å². The molecule has 0 radical (unpaired) electrons. The van der Waals surface area contributed by atoms with Gasteiger partial charge in [0.1, 0.15) is 0 Å². The van der Waals surface area contributed by atoms with Crippen LogP contribution in [0.25, 0.3) is 0 Å². The van der Waals surface area contributed by atoms with Crippen molar-refractivity contribution < 1.29 is 0 Å². The fraction of sp³-hybridized carbons (Fsp3) is 0.333. The zero-order chi connectivity index (χ0) is 14.0. The zero-order valence-electron chi connectivity index (χ0n) is 10.3. The maximum absolute atomic E-state index is 6.29. The second-order valence-electron chi connectivity index (χ2n) is 4.10. The highest BCUT2D eigenvalue weighted by Crippen LogP contribution is 2.30. The van der Waals surface area contributed by atoms with Crippen LogP contribution in [0.5, 0.6) is 0 Å². The maximum atomic E-state index is 6.29. The van der Waals surface area contributed by atoms with E-state index in [2.05, 4.69) is 48.9 Å². The second kappa shape index (κ2) is 6.35. The summed E-state index contributed by atoms with van der Waals surface area (Å²) in [6.07, 6.45) is 4.31. The Morgan fingerprint density at radius 1 is 1.42 bits per heavy atom. The number of hydrogen-bond acceptors (Lipinski definition) is 3. The van der Waals surface area contributed by atoms with Crippen molar-refractivity contribution in [3.05, 3.63) is 43.8 Å². The highest BCUT2D eigenvalue weighted by molar-refractivity contribution is 9.11. The molecule has 0 aliphatic rings. The average Bonchev–Trinajstić information content (AvgIpc) is 2.70. The molecule has 2 aromatic heterocycles. The molecule has 102 valence electrons. The van der Waals surface area contributed by atoms with E-state index < -0.39 is 6.04 Å². The minimum atomic E-state index is -0.413. The molecule has 2 aromatic rings. The van der Waals surface area contributed by atoms with Crippen LogP contribution in [-0.4, -0.2) is 14.8 Å². The Morgan fingerprint density at radius 3 is 2.79 bits per heavy atom. The van der Waals surface area contributed by atoms with Gasteiger partial charge in [0.05, 0.1) is 28.6 Å². The first-order chi connectivity index (χ1) is 9.04. The van der Waals surface area contributed by atoms with Crippen molar-refractivity contribution in [3.63, 3.8) is 0 Å². The predicted molar refractivity (Wildman–Crippen MR) is 83.2 cm³/mol. The Balaban J connectivity index is 2.43. The highest BCUT2D eigenvalue weighted by Gasteiger charge is 2.21. The third kappa shape index (κ3) is 3.18. The number of nitrogens with two attached hydrogens (primary N) is 1. The van der Waals surface area contributed by atoms with Gasteiger partial charge in [0.25, 0.3) is 0 Å². The third-order valence-electron chi connectivity index (χ3n) is 2.69. The van der Waals surface area contributed by atoms with Crippen LogP contribution in [0, 0.1) is 0 Å². The van der Waals surface area contributed by atoms with Crippen LogP contribution < -0.4 is 5.73 Å². The first kappa shape index (κ1) is 15.0. The smallest absolute Gasteiger partial charge is 0.0923 e. The van der Waals surface area contributed by atoms with Gasteiger partial charge in [0.2, 0.25) is 0 Å². The molecule has 4 nitrogen and oxygen atoms in total. The van der Waals surface area contributed by atoms with E-state index in [0.29, 0.717) is 5.02 Å². The van der Waals surface area contributed by atoms with Crippen LogP contribution in [-0.2, 0) is 6.54 Å². The molecule has 0 aliphatic heterocycles. The van der Waals surface area contributed by atoms with Crippen LogP contribution in [0.2, 0.25) is 5.02 Å². The van der Waals surface area contributed by atoms with E-state index in [0.717, 1.165) is 33.3 Å². The van der Waals surface area contributed by atoms with Crippen molar-refractivity contribution in [2.45, 2.75) is 25.9 Å². The summed E-state index contributed by atoms with van der Waals surface area (Å²) in [5, 5.41) is 4.82. The van der Waals surface area contributed by atoms with E-state index in [1.54, 1.807) is 12.4 Å². The molecule has 0 aromatic carbocycles. The second-order valence-corrected chi connectivity index (χ2v) is 6.28. The summed E-state index contributed by atoms with van der Waals surface area (Å²) in [5.74, 6) is 0. The van der Waals surface area contributed by atoms with Crippen LogP contribution in [0.4, 0.5) is 0 Å². The number of rotatable bonds is 4. The Kier molecular flexibility index (Phi) is 5.00. The summed E-state index contributed by atoms with van der Waals surface area (Å²) in [7, 11) is 0. The van der Waals surface area contributed by atoms with E-state index in [-0.39, 0.29) is 0 Å². The lowest BCUT2D eigenvalue weighted by molar-refractivity contribution is 0.556. The average molecular weight is 409 g/mol. The van der Waals surface area contributed by atoms with Crippen molar-refractivity contribution in [1.29, 1.82) is 0 Å². The van der Waals surface area contributed by atoms with Gasteiger partial charge in [-0.15, -0.1) is 0 Å². The van der Waals surface area contributed by atoms with Gasteiger partial charge in [0, 0.05) is 21.7 Å². The Labute approximate surface area is 133 Å². The predicted octanol–water partition coefficient (Wildman–Crippen LogP) is 3.91.